The zero-order chi connectivity index (χ0) is 20.2. The number of carbonyl (C=O) groups excluding carboxylic acids is 2. The van der Waals surface area contributed by atoms with Gasteiger partial charge in [-0.2, -0.15) is 0 Å². The summed E-state index contributed by atoms with van der Waals surface area (Å²) in [6, 6.07) is 7.61. The molecule has 2 amide bonds. The number of amides is 2. The van der Waals surface area contributed by atoms with Gasteiger partial charge in [0.05, 0.1) is 12.8 Å². The number of hydrogen-bond donors (Lipinski definition) is 3. The lowest BCUT2D eigenvalue weighted by Gasteiger charge is -2.38. The lowest BCUT2D eigenvalue weighted by molar-refractivity contribution is -0.157. The molecule has 0 bridgehead atoms. The molecule has 3 aliphatic rings. The molecule has 0 aliphatic carbocycles. The van der Waals surface area contributed by atoms with Crippen molar-refractivity contribution < 1.29 is 14.3 Å². The first-order chi connectivity index (χ1) is 14.1. The third-order valence-corrected chi connectivity index (χ3v) is 6.11. The van der Waals surface area contributed by atoms with Gasteiger partial charge in [0.25, 0.3) is 11.8 Å². The van der Waals surface area contributed by atoms with E-state index < -0.39 is 0 Å². The highest BCUT2D eigenvalue weighted by atomic mass is 16.5. The first-order valence-electron chi connectivity index (χ1n) is 10.6. The van der Waals surface area contributed by atoms with E-state index in [0.717, 1.165) is 37.9 Å². The number of nitrogens with two attached hydrogens (primary N) is 1. The lowest BCUT2D eigenvalue weighted by atomic mass is 10.0. The molecule has 1 aromatic rings. The predicted molar refractivity (Wildman–Crippen MR) is 109 cm³/mol. The molecule has 0 spiro atoms. The summed E-state index contributed by atoms with van der Waals surface area (Å²) in [6.45, 7) is 4.93. The summed E-state index contributed by atoms with van der Waals surface area (Å²) in [5, 5.41) is 6.80. The van der Waals surface area contributed by atoms with Gasteiger partial charge in [0.2, 0.25) is 0 Å². The van der Waals surface area contributed by atoms with E-state index in [-0.39, 0.29) is 24.0 Å². The van der Waals surface area contributed by atoms with Crippen LogP contribution in [0.1, 0.15) is 41.2 Å². The Kier molecular flexibility index (Phi) is 6.44. The molecule has 3 saturated heterocycles. The maximum absolute atomic E-state index is 12.8. The molecule has 3 fully saturated rings. The molecule has 158 valence electrons. The first kappa shape index (κ1) is 20.3. The Morgan fingerprint density at radius 3 is 2.28 bits per heavy atom. The van der Waals surface area contributed by atoms with Gasteiger partial charge in [0, 0.05) is 57.3 Å². The number of hydrogen-bond acceptors (Lipinski definition) is 6. The van der Waals surface area contributed by atoms with Crippen molar-refractivity contribution in [3.63, 3.8) is 0 Å². The Morgan fingerprint density at radius 2 is 1.69 bits per heavy atom. The van der Waals surface area contributed by atoms with E-state index in [2.05, 4.69) is 10.6 Å². The molecule has 8 heteroatoms. The Morgan fingerprint density at radius 1 is 1.07 bits per heavy atom. The number of nitrogens with one attached hydrogen (secondary N) is 2. The molecule has 3 aliphatic heterocycles. The fourth-order valence-corrected chi connectivity index (χ4v) is 4.10. The summed E-state index contributed by atoms with van der Waals surface area (Å²) >= 11 is 0. The Bertz CT molecular complexity index is 708. The molecule has 1 aromatic carbocycles. The summed E-state index contributed by atoms with van der Waals surface area (Å²) in [4.78, 5) is 28.7. The van der Waals surface area contributed by atoms with Crippen LogP contribution in [0.25, 0.3) is 0 Å². The molecular weight excluding hydrogens is 370 g/mol. The Balaban J connectivity index is 1.26. The van der Waals surface area contributed by atoms with E-state index in [9.17, 15) is 9.59 Å². The molecule has 0 aromatic heterocycles. The Labute approximate surface area is 171 Å². The van der Waals surface area contributed by atoms with E-state index in [0.29, 0.717) is 44.5 Å². The summed E-state index contributed by atoms with van der Waals surface area (Å²) in [7, 11) is 0. The molecule has 8 nitrogen and oxygen atoms in total. The lowest BCUT2D eigenvalue weighted by Crippen LogP contribution is -2.54. The summed E-state index contributed by atoms with van der Waals surface area (Å²) in [6.07, 6.45) is 2.76. The number of ether oxygens (including phenoxy) is 1. The van der Waals surface area contributed by atoms with Crippen molar-refractivity contribution in [3.8, 4) is 0 Å². The smallest absolute Gasteiger partial charge is 0.253 e. The monoisotopic (exact) mass is 401 g/mol. The van der Waals surface area contributed by atoms with Gasteiger partial charge in [-0.3, -0.25) is 9.59 Å². The minimum Gasteiger partial charge on any atom is -0.368 e. The number of nitrogens with zero attached hydrogens (tertiary/aromatic N) is 2. The van der Waals surface area contributed by atoms with E-state index in [1.807, 2.05) is 34.1 Å². The first-order valence-corrected chi connectivity index (χ1v) is 10.6. The van der Waals surface area contributed by atoms with Crippen molar-refractivity contribution >= 4 is 11.8 Å². The van der Waals surface area contributed by atoms with Gasteiger partial charge in [-0.05, 0) is 30.5 Å². The highest BCUT2D eigenvalue weighted by Gasteiger charge is 2.33. The van der Waals surface area contributed by atoms with Crippen LogP contribution in [0.4, 0.5) is 0 Å². The molecule has 29 heavy (non-hydrogen) atoms. The van der Waals surface area contributed by atoms with Crippen molar-refractivity contribution in [3.05, 3.63) is 35.4 Å². The average molecular weight is 402 g/mol. The second-order valence-electron chi connectivity index (χ2n) is 8.03. The van der Waals surface area contributed by atoms with Gasteiger partial charge < -0.3 is 30.9 Å². The van der Waals surface area contributed by atoms with Crippen molar-refractivity contribution in [1.29, 1.82) is 0 Å². The van der Waals surface area contributed by atoms with Crippen LogP contribution in [0.15, 0.2) is 24.3 Å². The second-order valence-corrected chi connectivity index (χ2v) is 8.03. The minimum atomic E-state index is -0.269. The van der Waals surface area contributed by atoms with Crippen molar-refractivity contribution in [2.75, 3.05) is 45.9 Å². The third kappa shape index (κ3) is 4.78. The zero-order valence-electron chi connectivity index (χ0n) is 16.8. The summed E-state index contributed by atoms with van der Waals surface area (Å²) in [5.41, 5.74) is 8.05. The van der Waals surface area contributed by atoms with Crippen LogP contribution >= 0.6 is 0 Å². The highest BCUT2D eigenvalue weighted by molar-refractivity contribution is 5.94. The highest BCUT2D eigenvalue weighted by Crippen LogP contribution is 2.19. The normalized spacial score (nSPS) is 23.7. The average Bonchev–Trinajstić information content (AvgIpc) is 3.24. The molecule has 0 saturated carbocycles. The largest absolute Gasteiger partial charge is 0.368 e. The second kappa shape index (κ2) is 9.21. The zero-order valence-corrected chi connectivity index (χ0v) is 16.8. The summed E-state index contributed by atoms with van der Waals surface area (Å²) in [5.74, 6) is 0.0705. The molecule has 0 radical (unpaired) electrons. The van der Waals surface area contributed by atoms with Crippen LogP contribution in [-0.4, -0.2) is 79.8 Å². The maximum atomic E-state index is 12.8. The maximum Gasteiger partial charge on any atom is 0.253 e. The quantitative estimate of drug-likeness (QED) is 0.623. The fourth-order valence-electron chi connectivity index (χ4n) is 4.10. The van der Waals surface area contributed by atoms with Crippen LogP contribution in [0.5, 0.6) is 0 Å². The van der Waals surface area contributed by atoms with Crippen LogP contribution in [-0.2, 0) is 9.53 Å². The van der Waals surface area contributed by atoms with Gasteiger partial charge in [-0.25, -0.2) is 0 Å². The van der Waals surface area contributed by atoms with Crippen molar-refractivity contribution in [2.24, 2.45) is 5.73 Å². The van der Waals surface area contributed by atoms with Crippen LogP contribution in [0.3, 0.4) is 0 Å². The van der Waals surface area contributed by atoms with Crippen molar-refractivity contribution in [1.82, 2.24) is 20.4 Å². The molecule has 4 N–H and O–H groups in total. The van der Waals surface area contributed by atoms with E-state index in [1.165, 1.54) is 0 Å². The van der Waals surface area contributed by atoms with Crippen LogP contribution in [0.2, 0.25) is 0 Å². The summed E-state index contributed by atoms with van der Waals surface area (Å²) < 4.78 is 5.28. The van der Waals surface area contributed by atoms with E-state index >= 15 is 0 Å². The minimum absolute atomic E-state index is 0.0106. The number of piperazine rings is 1. The topological polar surface area (TPSA) is 99.9 Å². The van der Waals surface area contributed by atoms with Crippen LogP contribution < -0.4 is 16.4 Å². The standard InChI is InChI=1S/C21H31N5O3/c22-17(5-6-19-23-8-9-24-19)15-1-3-16(4-2-15)20(27)25-10-12-26(13-11-25)21(28)18-7-14-29-18/h1-4,17-19,23-24H,5-14,22H2. The number of benzene rings is 1. The van der Waals surface area contributed by atoms with Gasteiger partial charge in [-0.15, -0.1) is 0 Å². The predicted octanol–water partition coefficient (Wildman–Crippen LogP) is 0.0588. The van der Waals surface area contributed by atoms with Gasteiger partial charge >= 0.3 is 0 Å². The molecule has 3 heterocycles. The van der Waals surface area contributed by atoms with E-state index in [4.69, 9.17) is 10.5 Å². The van der Waals surface area contributed by atoms with Gasteiger partial charge in [0.15, 0.2) is 0 Å². The fraction of sp³-hybridized carbons (Fsp3) is 0.619. The SMILES string of the molecule is NC(CCC1NCCN1)c1ccc(C(=O)N2CCN(C(=O)C3CCO3)CC2)cc1. The third-order valence-electron chi connectivity index (χ3n) is 6.11. The Hall–Kier alpha value is -2.00. The van der Waals surface area contributed by atoms with Crippen LogP contribution in [0, 0.1) is 0 Å². The van der Waals surface area contributed by atoms with Gasteiger partial charge in [0.1, 0.15) is 6.10 Å². The van der Waals surface area contributed by atoms with Gasteiger partial charge in [-0.1, -0.05) is 12.1 Å². The molecule has 2 atom stereocenters. The van der Waals surface area contributed by atoms with E-state index in [1.54, 1.807) is 0 Å². The van der Waals surface area contributed by atoms with Crippen molar-refractivity contribution in [2.45, 2.75) is 37.6 Å². The number of carbonyl (C=O) groups is 2. The molecule has 2 unspecified atom stereocenters. The molecule has 4 rings (SSSR count). The molecular formula is C21H31N5O3. The number of rotatable bonds is 6.